The number of hydrogen-bond donors (Lipinski definition) is 2. The summed E-state index contributed by atoms with van der Waals surface area (Å²) in [4.78, 5) is 23.4. The predicted octanol–water partition coefficient (Wildman–Crippen LogP) is 2.49. The second-order valence-electron chi connectivity index (χ2n) is 3.65. The van der Waals surface area contributed by atoms with E-state index in [2.05, 4.69) is 10.1 Å². The molecule has 1 heterocycles. The number of methoxy groups -OCH3 is 1. The van der Waals surface area contributed by atoms with Crippen molar-refractivity contribution in [1.82, 2.24) is 0 Å². The fourth-order valence-corrected chi connectivity index (χ4v) is 2.10. The summed E-state index contributed by atoms with van der Waals surface area (Å²) in [7, 11) is 1.21. The molecule has 0 spiro atoms. The first-order valence-electron chi connectivity index (χ1n) is 5.38. The van der Waals surface area contributed by atoms with Crippen LogP contribution < -0.4 is 5.32 Å². The van der Waals surface area contributed by atoms with E-state index in [4.69, 9.17) is 0 Å². The topological polar surface area (TPSA) is 75.6 Å². The summed E-state index contributed by atoms with van der Waals surface area (Å²) in [6, 6.07) is 7.60. The van der Waals surface area contributed by atoms with Crippen LogP contribution in [0.1, 0.15) is 20.7 Å². The molecule has 19 heavy (non-hydrogen) atoms. The monoisotopic (exact) mass is 277 g/mol. The van der Waals surface area contributed by atoms with Gasteiger partial charge in [-0.15, -0.1) is 11.3 Å². The number of amides is 1. The number of carbonyl (C=O) groups is 2. The van der Waals surface area contributed by atoms with Gasteiger partial charge in [0.2, 0.25) is 0 Å². The SMILES string of the molecule is COC(=O)c1cc(C(=O)Nc2cccs2)ccc1O. The Morgan fingerprint density at radius 2 is 2.11 bits per heavy atom. The fourth-order valence-electron chi connectivity index (χ4n) is 1.48. The highest BCUT2D eigenvalue weighted by Gasteiger charge is 2.15. The molecule has 2 N–H and O–H groups in total. The summed E-state index contributed by atoms with van der Waals surface area (Å²) < 4.78 is 4.53. The molecule has 0 aliphatic rings. The van der Waals surface area contributed by atoms with Crippen molar-refractivity contribution in [3.63, 3.8) is 0 Å². The standard InChI is InChI=1S/C13H11NO4S/c1-18-13(17)9-7-8(4-5-10(9)15)12(16)14-11-3-2-6-19-11/h2-7,15H,1H3,(H,14,16). The zero-order valence-electron chi connectivity index (χ0n) is 10.0. The van der Waals surface area contributed by atoms with Crippen molar-refractivity contribution in [2.24, 2.45) is 0 Å². The Morgan fingerprint density at radius 1 is 1.32 bits per heavy atom. The number of thiophene rings is 1. The normalized spacial score (nSPS) is 9.95. The van der Waals surface area contributed by atoms with Crippen molar-refractivity contribution in [2.45, 2.75) is 0 Å². The molecule has 6 heteroatoms. The second-order valence-corrected chi connectivity index (χ2v) is 4.60. The van der Waals surface area contributed by atoms with Crippen LogP contribution in [-0.4, -0.2) is 24.1 Å². The number of carbonyl (C=O) groups excluding carboxylic acids is 2. The lowest BCUT2D eigenvalue weighted by molar-refractivity contribution is 0.0597. The van der Waals surface area contributed by atoms with Crippen molar-refractivity contribution in [3.8, 4) is 5.75 Å². The van der Waals surface area contributed by atoms with E-state index in [1.54, 1.807) is 6.07 Å². The van der Waals surface area contributed by atoms with Crippen LogP contribution >= 0.6 is 11.3 Å². The Labute approximate surface area is 113 Å². The molecule has 0 atom stereocenters. The van der Waals surface area contributed by atoms with Gasteiger partial charge >= 0.3 is 5.97 Å². The number of hydrogen-bond acceptors (Lipinski definition) is 5. The van der Waals surface area contributed by atoms with Gasteiger partial charge in [-0.05, 0) is 35.7 Å². The number of phenolic OH excluding ortho intramolecular Hbond substituents is 1. The van der Waals surface area contributed by atoms with Crippen LogP contribution in [0.4, 0.5) is 5.00 Å². The van der Waals surface area contributed by atoms with Crippen LogP contribution in [0, 0.1) is 0 Å². The molecule has 5 nitrogen and oxygen atoms in total. The Hall–Kier alpha value is -2.34. The lowest BCUT2D eigenvalue weighted by Gasteiger charge is -2.06. The van der Waals surface area contributed by atoms with Gasteiger partial charge in [0.15, 0.2) is 0 Å². The molecule has 0 aliphatic heterocycles. The Morgan fingerprint density at radius 3 is 2.74 bits per heavy atom. The number of ether oxygens (including phenoxy) is 1. The van der Waals surface area contributed by atoms with Gasteiger partial charge in [0.25, 0.3) is 5.91 Å². The number of esters is 1. The number of aromatic hydroxyl groups is 1. The zero-order valence-corrected chi connectivity index (χ0v) is 10.9. The van der Waals surface area contributed by atoms with Crippen molar-refractivity contribution < 1.29 is 19.4 Å². The summed E-state index contributed by atoms with van der Waals surface area (Å²) in [5.74, 6) is -1.27. The van der Waals surface area contributed by atoms with Crippen molar-refractivity contribution in [3.05, 3.63) is 46.8 Å². The van der Waals surface area contributed by atoms with E-state index in [1.807, 2.05) is 11.4 Å². The second kappa shape index (κ2) is 5.53. The maximum absolute atomic E-state index is 11.9. The van der Waals surface area contributed by atoms with E-state index in [9.17, 15) is 14.7 Å². The summed E-state index contributed by atoms with van der Waals surface area (Å²) >= 11 is 1.39. The summed E-state index contributed by atoms with van der Waals surface area (Å²) in [5, 5.41) is 14.8. The van der Waals surface area contributed by atoms with Gasteiger partial charge in [-0.25, -0.2) is 4.79 Å². The van der Waals surface area contributed by atoms with E-state index in [1.165, 1.54) is 36.6 Å². The quantitative estimate of drug-likeness (QED) is 0.845. The highest BCUT2D eigenvalue weighted by molar-refractivity contribution is 7.14. The highest BCUT2D eigenvalue weighted by Crippen LogP contribution is 2.21. The van der Waals surface area contributed by atoms with Gasteiger partial charge < -0.3 is 15.2 Å². The maximum Gasteiger partial charge on any atom is 0.341 e. The van der Waals surface area contributed by atoms with Gasteiger partial charge in [0.1, 0.15) is 11.3 Å². The van der Waals surface area contributed by atoms with Crippen molar-refractivity contribution in [2.75, 3.05) is 12.4 Å². The Kier molecular flexibility index (Phi) is 3.82. The molecule has 0 aliphatic carbocycles. The predicted molar refractivity (Wildman–Crippen MR) is 71.7 cm³/mol. The number of rotatable bonds is 3. The molecule has 0 saturated carbocycles. The minimum absolute atomic E-state index is 0.0404. The molecule has 0 bridgehead atoms. The fraction of sp³-hybridized carbons (Fsp3) is 0.0769. The number of phenols is 1. The molecule has 1 aromatic heterocycles. The van der Waals surface area contributed by atoms with Crippen molar-refractivity contribution >= 4 is 28.2 Å². The van der Waals surface area contributed by atoms with Crippen LogP contribution in [0.5, 0.6) is 5.75 Å². The average molecular weight is 277 g/mol. The molecule has 2 rings (SSSR count). The van der Waals surface area contributed by atoms with Crippen molar-refractivity contribution in [1.29, 1.82) is 0 Å². The third-order valence-corrected chi connectivity index (χ3v) is 3.21. The molecule has 1 aromatic carbocycles. The first-order chi connectivity index (χ1) is 9.11. The van der Waals surface area contributed by atoms with Gasteiger partial charge in [-0.2, -0.15) is 0 Å². The Bertz CT molecular complexity index is 607. The minimum atomic E-state index is -0.691. The minimum Gasteiger partial charge on any atom is -0.507 e. The molecule has 0 fully saturated rings. The van der Waals surface area contributed by atoms with E-state index in [0.717, 1.165) is 0 Å². The summed E-state index contributed by atoms with van der Waals surface area (Å²) in [6.07, 6.45) is 0. The highest BCUT2D eigenvalue weighted by atomic mass is 32.1. The molecule has 98 valence electrons. The molecule has 2 aromatic rings. The van der Waals surface area contributed by atoms with Crippen LogP contribution in [0.25, 0.3) is 0 Å². The molecular weight excluding hydrogens is 266 g/mol. The first-order valence-corrected chi connectivity index (χ1v) is 6.26. The van der Waals surface area contributed by atoms with Gasteiger partial charge in [-0.3, -0.25) is 4.79 Å². The van der Waals surface area contributed by atoms with Gasteiger partial charge in [0, 0.05) is 5.56 Å². The van der Waals surface area contributed by atoms with E-state index in [-0.39, 0.29) is 22.8 Å². The number of nitrogens with one attached hydrogen (secondary N) is 1. The lowest BCUT2D eigenvalue weighted by Crippen LogP contribution is -2.12. The van der Waals surface area contributed by atoms with Crippen LogP contribution in [-0.2, 0) is 4.74 Å². The van der Waals surface area contributed by atoms with E-state index in [0.29, 0.717) is 5.00 Å². The first kappa shape index (κ1) is 13.1. The lowest BCUT2D eigenvalue weighted by atomic mass is 10.1. The smallest absolute Gasteiger partial charge is 0.341 e. The van der Waals surface area contributed by atoms with Crippen LogP contribution in [0.2, 0.25) is 0 Å². The maximum atomic E-state index is 11.9. The molecule has 0 unspecified atom stereocenters. The third kappa shape index (κ3) is 2.92. The Balaban J connectivity index is 2.25. The average Bonchev–Trinajstić information content (AvgIpc) is 2.91. The molecule has 0 radical (unpaired) electrons. The van der Waals surface area contributed by atoms with Crippen LogP contribution in [0.15, 0.2) is 35.7 Å². The molecule has 1 amide bonds. The zero-order chi connectivity index (χ0) is 13.8. The number of anilines is 1. The largest absolute Gasteiger partial charge is 0.507 e. The summed E-state index contributed by atoms with van der Waals surface area (Å²) in [6.45, 7) is 0. The third-order valence-electron chi connectivity index (χ3n) is 2.42. The number of benzene rings is 1. The summed E-state index contributed by atoms with van der Waals surface area (Å²) in [5.41, 5.74) is 0.230. The molecule has 0 saturated heterocycles. The van der Waals surface area contributed by atoms with Gasteiger partial charge in [-0.1, -0.05) is 0 Å². The van der Waals surface area contributed by atoms with Crippen LogP contribution in [0.3, 0.4) is 0 Å². The van der Waals surface area contributed by atoms with E-state index < -0.39 is 5.97 Å². The van der Waals surface area contributed by atoms with Gasteiger partial charge in [0.05, 0.1) is 12.1 Å². The molecular formula is C13H11NO4S. The van der Waals surface area contributed by atoms with E-state index >= 15 is 0 Å².